The van der Waals surface area contributed by atoms with Crippen LogP contribution in [0.5, 0.6) is 0 Å². The van der Waals surface area contributed by atoms with E-state index in [9.17, 15) is 19.2 Å². The molecule has 8 nitrogen and oxygen atoms in total. The van der Waals surface area contributed by atoms with Gasteiger partial charge in [-0.15, -0.1) is 11.3 Å². The standard InChI is InChI=1S/C20H21N3O5S/c1-12(18(26)22-19-15(17(21)25)7-9-29-19)28-20(27)14-5-2-4-13(10-14)11-23-8-3-6-16(23)24/h2,4-5,7,9-10,12H,3,6,8,11H2,1H3,(H2,21,25)(H,22,26). The first-order valence-corrected chi connectivity index (χ1v) is 9.99. The molecule has 9 heteroatoms. The SMILES string of the molecule is CC(OC(=O)c1cccc(CN2CCCC2=O)c1)C(=O)Nc1sccc1C(N)=O. The van der Waals surface area contributed by atoms with Gasteiger partial charge in [0.15, 0.2) is 6.10 Å². The number of hydrogen-bond donors (Lipinski definition) is 2. The van der Waals surface area contributed by atoms with Crippen molar-refractivity contribution in [3.8, 4) is 0 Å². The minimum Gasteiger partial charge on any atom is -0.449 e. The van der Waals surface area contributed by atoms with Gasteiger partial charge in [0.2, 0.25) is 5.91 Å². The number of primary amides is 1. The molecule has 2 aromatic rings. The van der Waals surface area contributed by atoms with E-state index in [4.69, 9.17) is 10.5 Å². The van der Waals surface area contributed by atoms with Crippen LogP contribution < -0.4 is 11.1 Å². The Morgan fingerprint density at radius 2 is 2.10 bits per heavy atom. The first kappa shape index (κ1) is 20.5. The topological polar surface area (TPSA) is 119 Å². The van der Waals surface area contributed by atoms with E-state index in [1.807, 2.05) is 6.07 Å². The van der Waals surface area contributed by atoms with Gasteiger partial charge in [0.05, 0.1) is 11.1 Å². The Labute approximate surface area is 171 Å². The third-order valence-corrected chi connectivity index (χ3v) is 5.36. The summed E-state index contributed by atoms with van der Waals surface area (Å²) in [7, 11) is 0. The monoisotopic (exact) mass is 415 g/mol. The van der Waals surface area contributed by atoms with Crippen molar-refractivity contribution in [3.05, 3.63) is 52.4 Å². The van der Waals surface area contributed by atoms with Crippen LogP contribution in [0.4, 0.5) is 5.00 Å². The van der Waals surface area contributed by atoms with E-state index in [0.717, 1.165) is 23.3 Å². The van der Waals surface area contributed by atoms with Gasteiger partial charge in [-0.3, -0.25) is 14.4 Å². The quantitative estimate of drug-likeness (QED) is 0.672. The van der Waals surface area contributed by atoms with Crippen molar-refractivity contribution in [2.45, 2.75) is 32.4 Å². The second kappa shape index (κ2) is 8.87. The zero-order valence-electron chi connectivity index (χ0n) is 15.8. The van der Waals surface area contributed by atoms with Gasteiger partial charge >= 0.3 is 5.97 Å². The summed E-state index contributed by atoms with van der Waals surface area (Å²) < 4.78 is 5.25. The second-order valence-electron chi connectivity index (χ2n) is 6.68. The van der Waals surface area contributed by atoms with Crippen molar-refractivity contribution >= 4 is 40.0 Å². The Kier molecular flexibility index (Phi) is 6.28. The van der Waals surface area contributed by atoms with E-state index < -0.39 is 23.9 Å². The van der Waals surface area contributed by atoms with Crippen molar-refractivity contribution in [2.24, 2.45) is 5.73 Å². The van der Waals surface area contributed by atoms with Crippen LogP contribution in [-0.2, 0) is 20.9 Å². The van der Waals surface area contributed by atoms with E-state index >= 15 is 0 Å². The number of carbonyl (C=O) groups is 4. The Morgan fingerprint density at radius 1 is 1.31 bits per heavy atom. The largest absolute Gasteiger partial charge is 0.449 e. The number of ether oxygens (including phenoxy) is 1. The van der Waals surface area contributed by atoms with E-state index in [2.05, 4.69) is 5.32 Å². The first-order valence-electron chi connectivity index (χ1n) is 9.11. The zero-order valence-corrected chi connectivity index (χ0v) is 16.7. The summed E-state index contributed by atoms with van der Waals surface area (Å²) in [4.78, 5) is 49.6. The van der Waals surface area contributed by atoms with Gasteiger partial charge in [0, 0.05) is 19.5 Å². The molecule has 2 heterocycles. The second-order valence-corrected chi connectivity index (χ2v) is 7.60. The van der Waals surface area contributed by atoms with Crippen LogP contribution >= 0.6 is 11.3 Å². The van der Waals surface area contributed by atoms with Crippen molar-refractivity contribution in [1.29, 1.82) is 0 Å². The lowest BCUT2D eigenvalue weighted by Gasteiger charge is -2.16. The van der Waals surface area contributed by atoms with Crippen LogP contribution in [0.15, 0.2) is 35.7 Å². The van der Waals surface area contributed by atoms with Gasteiger partial charge in [-0.25, -0.2) is 4.79 Å². The van der Waals surface area contributed by atoms with Crippen molar-refractivity contribution in [3.63, 3.8) is 0 Å². The molecule has 0 radical (unpaired) electrons. The molecule has 0 bridgehead atoms. The van der Waals surface area contributed by atoms with E-state index in [0.29, 0.717) is 30.1 Å². The number of thiophene rings is 1. The highest BCUT2D eigenvalue weighted by Gasteiger charge is 2.23. The Morgan fingerprint density at radius 3 is 2.79 bits per heavy atom. The third-order valence-electron chi connectivity index (χ3n) is 4.53. The van der Waals surface area contributed by atoms with Gasteiger partial charge < -0.3 is 20.7 Å². The maximum atomic E-state index is 12.4. The van der Waals surface area contributed by atoms with Crippen LogP contribution in [-0.4, -0.2) is 41.2 Å². The number of hydrogen-bond acceptors (Lipinski definition) is 6. The minimum absolute atomic E-state index is 0.104. The number of carbonyl (C=O) groups excluding carboxylic acids is 4. The molecule has 1 aromatic carbocycles. The zero-order chi connectivity index (χ0) is 21.0. The average molecular weight is 415 g/mol. The Balaban J connectivity index is 1.61. The fraction of sp³-hybridized carbons (Fsp3) is 0.300. The molecule has 3 N–H and O–H groups in total. The number of amides is 3. The number of nitrogens with two attached hydrogens (primary N) is 1. The fourth-order valence-corrected chi connectivity index (χ4v) is 3.78. The van der Waals surface area contributed by atoms with E-state index in [1.54, 1.807) is 28.5 Å². The van der Waals surface area contributed by atoms with Crippen molar-refractivity contribution in [1.82, 2.24) is 4.90 Å². The number of anilines is 1. The number of benzene rings is 1. The summed E-state index contributed by atoms with van der Waals surface area (Å²) in [5, 5.41) is 4.49. The first-order chi connectivity index (χ1) is 13.8. The summed E-state index contributed by atoms with van der Waals surface area (Å²) in [6.45, 7) is 2.59. The fourth-order valence-electron chi connectivity index (χ4n) is 2.98. The highest BCUT2D eigenvalue weighted by Crippen LogP contribution is 2.23. The molecule has 1 unspecified atom stereocenters. The summed E-state index contributed by atoms with van der Waals surface area (Å²) >= 11 is 1.15. The van der Waals surface area contributed by atoms with Gasteiger partial charge in [-0.2, -0.15) is 0 Å². The molecule has 3 amide bonds. The number of esters is 1. The molecule has 0 spiro atoms. The molecule has 1 atom stereocenters. The van der Waals surface area contributed by atoms with Gasteiger partial charge in [-0.1, -0.05) is 12.1 Å². The smallest absolute Gasteiger partial charge is 0.338 e. The highest BCUT2D eigenvalue weighted by molar-refractivity contribution is 7.14. The molecule has 1 aliphatic heterocycles. The van der Waals surface area contributed by atoms with E-state index in [1.165, 1.54) is 13.0 Å². The average Bonchev–Trinajstić information content (AvgIpc) is 3.31. The Hall–Kier alpha value is -3.20. The molecule has 152 valence electrons. The molecule has 1 aliphatic rings. The molecule has 1 saturated heterocycles. The number of rotatable bonds is 7. The summed E-state index contributed by atoms with van der Waals surface area (Å²) in [6, 6.07) is 8.30. The molecule has 3 rings (SSSR count). The minimum atomic E-state index is -1.07. The van der Waals surface area contributed by atoms with Crippen LogP contribution in [0.25, 0.3) is 0 Å². The number of nitrogens with zero attached hydrogens (tertiary/aromatic N) is 1. The molecule has 0 saturated carbocycles. The number of nitrogens with one attached hydrogen (secondary N) is 1. The Bertz CT molecular complexity index is 955. The van der Waals surface area contributed by atoms with Gasteiger partial charge in [0.1, 0.15) is 5.00 Å². The van der Waals surface area contributed by atoms with Gasteiger partial charge in [-0.05, 0) is 42.5 Å². The van der Waals surface area contributed by atoms with Gasteiger partial charge in [0.25, 0.3) is 11.8 Å². The number of likely N-dealkylation sites (tertiary alicyclic amines) is 1. The highest BCUT2D eigenvalue weighted by atomic mass is 32.1. The van der Waals surface area contributed by atoms with Crippen LogP contribution in [0, 0.1) is 0 Å². The predicted molar refractivity (Wildman–Crippen MR) is 107 cm³/mol. The maximum Gasteiger partial charge on any atom is 0.338 e. The van der Waals surface area contributed by atoms with Crippen LogP contribution in [0.1, 0.15) is 46.0 Å². The van der Waals surface area contributed by atoms with Crippen molar-refractivity contribution in [2.75, 3.05) is 11.9 Å². The van der Waals surface area contributed by atoms with Crippen LogP contribution in [0.3, 0.4) is 0 Å². The maximum absolute atomic E-state index is 12.4. The normalized spacial score (nSPS) is 14.5. The van der Waals surface area contributed by atoms with Crippen molar-refractivity contribution < 1.29 is 23.9 Å². The summed E-state index contributed by atoms with van der Waals surface area (Å²) in [6.07, 6.45) is 0.319. The summed E-state index contributed by atoms with van der Waals surface area (Å²) in [5.41, 5.74) is 6.57. The lowest BCUT2D eigenvalue weighted by Crippen LogP contribution is -2.30. The summed E-state index contributed by atoms with van der Waals surface area (Å²) in [5.74, 6) is -1.77. The molecule has 1 aromatic heterocycles. The lowest BCUT2D eigenvalue weighted by molar-refractivity contribution is -0.128. The molecule has 1 fully saturated rings. The third kappa shape index (κ3) is 5.00. The molecular weight excluding hydrogens is 394 g/mol. The van der Waals surface area contributed by atoms with E-state index in [-0.39, 0.29) is 11.5 Å². The molecule has 29 heavy (non-hydrogen) atoms. The molecular formula is C20H21N3O5S. The predicted octanol–water partition coefficient (Wildman–Crippen LogP) is 2.15. The van der Waals surface area contributed by atoms with Crippen LogP contribution in [0.2, 0.25) is 0 Å². The lowest BCUT2D eigenvalue weighted by atomic mass is 10.1. The molecule has 0 aliphatic carbocycles.